The number of fused-ring (bicyclic) bond motifs is 1. The normalized spacial score (nSPS) is 14.7. The van der Waals surface area contributed by atoms with E-state index in [0.717, 1.165) is 15.6 Å². The van der Waals surface area contributed by atoms with Crippen molar-refractivity contribution in [2.45, 2.75) is 25.5 Å². The Kier molecular flexibility index (Phi) is 8.00. The Labute approximate surface area is 239 Å². The summed E-state index contributed by atoms with van der Waals surface area (Å²) in [5.74, 6) is -1.99. The third-order valence-corrected chi connectivity index (χ3v) is 6.45. The summed E-state index contributed by atoms with van der Waals surface area (Å²) in [7, 11) is 1.38. The molecule has 3 heterocycles. The van der Waals surface area contributed by atoms with E-state index in [1.807, 2.05) is 0 Å². The van der Waals surface area contributed by atoms with Gasteiger partial charge in [0.25, 0.3) is 5.91 Å². The van der Waals surface area contributed by atoms with Gasteiger partial charge in [0.1, 0.15) is 5.75 Å². The summed E-state index contributed by atoms with van der Waals surface area (Å²) in [5.41, 5.74) is -1.05. The molecule has 0 bridgehead atoms. The first-order valence-electron chi connectivity index (χ1n) is 12.5. The highest BCUT2D eigenvalue weighted by Gasteiger charge is 2.43. The summed E-state index contributed by atoms with van der Waals surface area (Å²) in [6, 6.07) is 13.5. The zero-order chi connectivity index (χ0) is 30.9. The van der Waals surface area contributed by atoms with E-state index in [1.54, 1.807) is 0 Å². The first-order valence-corrected chi connectivity index (χ1v) is 12.5. The van der Waals surface area contributed by atoms with E-state index in [9.17, 15) is 31.5 Å². The number of anilines is 1. The molecule has 5 rings (SSSR count). The number of nitrogens with zero attached hydrogens (tertiary/aromatic N) is 4. The number of halogens is 5. The summed E-state index contributed by atoms with van der Waals surface area (Å²) in [4.78, 5) is 29.3. The highest BCUT2D eigenvalue weighted by Crippen LogP contribution is 2.40. The average Bonchev–Trinajstić information content (AvgIpc) is 3.38. The minimum atomic E-state index is -4.84. The van der Waals surface area contributed by atoms with Gasteiger partial charge < -0.3 is 24.2 Å². The molecule has 0 saturated heterocycles. The van der Waals surface area contributed by atoms with Gasteiger partial charge in [-0.1, -0.05) is 6.07 Å². The van der Waals surface area contributed by atoms with E-state index >= 15 is 0 Å². The Bertz CT molecular complexity index is 1660. The molecule has 0 spiro atoms. The quantitative estimate of drug-likeness (QED) is 0.262. The minimum absolute atomic E-state index is 0.00619. The molecule has 1 amide bonds. The van der Waals surface area contributed by atoms with Crippen molar-refractivity contribution >= 4 is 17.6 Å². The molecule has 10 nitrogen and oxygen atoms in total. The number of rotatable bonds is 8. The van der Waals surface area contributed by atoms with E-state index in [4.69, 9.17) is 14.6 Å². The maximum absolute atomic E-state index is 14.0. The molecular weight excluding hydrogens is 583 g/mol. The number of carboxylic acids is 1. The van der Waals surface area contributed by atoms with Crippen molar-refractivity contribution < 1.29 is 50.9 Å². The third kappa shape index (κ3) is 6.25. The maximum Gasteiger partial charge on any atom is 0.435 e. The maximum atomic E-state index is 14.0. The van der Waals surface area contributed by atoms with Crippen LogP contribution in [-0.4, -0.2) is 52.0 Å². The molecule has 4 aromatic rings. The number of amides is 1. The molecule has 43 heavy (non-hydrogen) atoms. The highest BCUT2D eigenvalue weighted by atomic mass is 19.4. The number of benzene rings is 2. The van der Waals surface area contributed by atoms with Crippen LogP contribution in [0.25, 0.3) is 5.69 Å². The molecule has 1 unspecified atom stereocenters. The molecule has 0 saturated carbocycles. The lowest BCUT2D eigenvalue weighted by atomic mass is 10.1. The van der Waals surface area contributed by atoms with Crippen molar-refractivity contribution in [1.29, 1.82) is 0 Å². The van der Waals surface area contributed by atoms with E-state index in [0.29, 0.717) is 0 Å². The number of hydrogen-bond acceptors (Lipinski definition) is 7. The number of carboxylic acid groups (broad SMARTS) is 1. The number of ether oxygens (including phenoxy) is 3. The van der Waals surface area contributed by atoms with Gasteiger partial charge in [0.05, 0.1) is 35.8 Å². The molecular formula is C28H21F5N4O6. The first-order chi connectivity index (χ1) is 20.4. The topological polar surface area (TPSA) is 116 Å². The number of aromatic carboxylic acids is 1. The summed E-state index contributed by atoms with van der Waals surface area (Å²) in [6.07, 6.45) is -4.73. The SMILES string of the molecule is CN(C(=O)c1cccc(-n2nc(C(F)(F)F)c3c2C(Oc2ccc(C(=O)O)cc2)COC3)c1)c1ccnc(OC(F)F)c1. The smallest absolute Gasteiger partial charge is 0.435 e. The van der Waals surface area contributed by atoms with Crippen molar-refractivity contribution in [1.82, 2.24) is 14.8 Å². The van der Waals surface area contributed by atoms with E-state index < -0.39 is 48.9 Å². The summed E-state index contributed by atoms with van der Waals surface area (Å²) >= 11 is 0. The van der Waals surface area contributed by atoms with Crippen LogP contribution in [0.5, 0.6) is 11.6 Å². The number of hydrogen-bond donors (Lipinski definition) is 1. The van der Waals surface area contributed by atoms with Gasteiger partial charge in [-0.05, 0) is 48.5 Å². The second kappa shape index (κ2) is 11.7. The summed E-state index contributed by atoms with van der Waals surface area (Å²) in [5, 5.41) is 13.0. The Morgan fingerprint density at radius 2 is 1.84 bits per heavy atom. The molecule has 1 aliphatic heterocycles. The fraction of sp³-hybridized carbons (Fsp3) is 0.214. The van der Waals surface area contributed by atoms with Crippen LogP contribution in [0.1, 0.15) is 43.8 Å². The average molecular weight is 604 g/mol. The minimum Gasteiger partial charge on any atom is -0.482 e. The molecule has 2 aromatic heterocycles. The fourth-order valence-electron chi connectivity index (χ4n) is 4.48. The van der Waals surface area contributed by atoms with E-state index in [2.05, 4.69) is 14.8 Å². The van der Waals surface area contributed by atoms with Crippen LogP contribution < -0.4 is 14.4 Å². The number of carbonyl (C=O) groups excluding carboxylic acids is 1. The molecule has 1 atom stereocenters. The Morgan fingerprint density at radius 3 is 2.51 bits per heavy atom. The van der Waals surface area contributed by atoms with E-state index in [1.165, 1.54) is 67.8 Å². The standard InChI is InChI=1S/C28H21F5N4O6/c1-36(17-9-10-34-22(12-17)43-27(29)30)25(38)16-3-2-4-18(11-16)37-23-20(24(35-37)28(31,32)33)13-41-14-21(23)42-19-7-5-15(6-8-19)26(39)40/h2-12,21,27H,13-14H2,1H3,(H,39,40). The van der Waals surface area contributed by atoms with Crippen molar-refractivity contribution in [3.8, 4) is 17.3 Å². The fourth-order valence-corrected chi connectivity index (χ4v) is 4.48. The van der Waals surface area contributed by atoms with Crippen LogP contribution in [0, 0.1) is 0 Å². The molecule has 0 fully saturated rings. The lowest BCUT2D eigenvalue weighted by Gasteiger charge is -2.26. The first kappa shape index (κ1) is 29.4. The van der Waals surface area contributed by atoms with Gasteiger partial charge in [0.2, 0.25) is 5.88 Å². The zero-order valence-electron chi connectivity index (χ0n) is 22.1. The van der Waals surface area contributed by atoms with Crippen LogP contribution in [0.2, 0.25) is 0 Å². The number of pyridine rings is 1. The Balaban J connectivity index is 1.51. The van der Waals surface area contributed by atoms with Crippen molar-refractivity contribution in [2.75, 3.05) is 18.6 Å². The van der Waals surface area contributed by atoms with Crippen LogP contribution in [0.4, 0.5) is 27.6 Å². The van der Waals surface area contributed by atoms with Crippen LogP contribution in [0.15, 0.2) is 66.9 Å². The van der Waals surface area contributed by atoms with Crippen molar-refractivity contribution in [3.05, 3.63) is 94.9 Å². The van der Waals surface area contributed by atoms with Gasteiger partial charge in [-0.2, -0.15) is 27.1 Å². The Morgan fingerprint density at radius 1 is 1.09 bits per heavy atom. The highest BCUT2D eigenvalue weighted by molar-refractivity contribution is 6.06. The van der Waals surface area contributed by atoms with Crippen LogP contribution in [0.3, 0.4) is 0 Å². The lowest BCUT2D eigenvalue weighted by molar-refractivity contribution is -0.143. The second-order valence-electron chi connectivity index (χ2n) is 9.22. The van der Waals surface area contributed by atoms with Gasteiger partial charge >= 0.3 is 18.8 Å². The summed E-state index contributed by atoms with van der Waals surface area (Å²) in [6.45, 7) is -3.65. The molecule has 15 heteroatoms. The third-order valence-electron chi connectivity index (χ3n) is 6.45. The second-order valence-corrected chi connectivity index (χ2v) is 9.22. The van der Waals surface area contributed by atoms with Crippen molar-refractivity contribution in [2.24, 2.45) is 0 Å². The molecule has 1 aliphatic rings. The number of aromatic nitrogens is 3. The number of alkyl halides is 5. The molecule has 1 N–H and O–H groups in total. The van der Waals surface area contributed by atoms with Gasteiger partial charge in [-0.15, -0.1) is 0 Å². The largest absolute Gasteiger partial charge is 0.482 e. The molecule has 0 radical (unpaired) electrons. The lowest BCUT2D eigenvalue weighted by Crippen LogP contribution is -2.27. The van der Waals surface area contributed by atoms with Gasteiger partial charge in [0.15, 0.2) is 11.8 Å². The van der Waals surface area contributed by atoms with E-state index in [-0.39, 0.29) is 46.1 Å². The summed E-state index contributed by atoms with van der Waals surface area (Å²) < 4.78 is 84.0. The van der Waals surface area contributed by atoms with Crippen LogP contribution in [-0.2, 0) is 17.5 Å². The zero-order valence-corrected chi connectivity index (χ0v) is 22.1. The molecule has 2 aromatic carbocycles. The van der Waals surface area contributed by atoms with Gasteiger partial charge in [0, 0.05) is 30.4 Å². The van der Waals surface area contributed by atoms with Gasteiger partial charge in [-0.25, -0.2) is 14.5 Å². The number of carbonyl (C=O) groups is 2. The Hall–Kier alpha value is -5.05. The predicted molar refractivity (Wildman–Crippen MR) is 139 cm³/mol. The predicted octanol–water partition coefficient (Wildman–Crippen LogP) is 5.51. The van der Waals surface area contributed by atoms with Crippen molar-refractivity contribution in [3.63, 3.8) is 0 Å². The monoisotopic (exact) mass is 604 g/mol. The molecule has 0 aliphatic carbocycles. The van der Waals surface area contributed by atoms with Gasteiger partial charge in [-0.3, -0.25) is 4.79 Å². The van der Waals surface area contributed by atoms with Crippen LogP contribution >= 0.6 is 0 Å². The molecule has 224 valence electrons.